The van der Waals surface area contributed by atoms with Crippen molar-refractivity contribution < 1.29 is 19.4 Å². The topological polar surface area (TPSA) is 55.8 Å². The molecule has 0 unspecified atom stereocenters. The molecule has 0 aromatic heterocycles. The second-order valence-corrected chi connectivity index (χ2v) is 9.34. The van der Waals surface area contributed by atoms with Crippen LogP contribution in [0.25, 0.3) is 0 Å². The number of carbonyl (C=O) groups excluding carboxylic acids is 1. The fourth-order valence-corrected chi connectivity index (χ4v) is 4.99. The van der Waals surface area contributed by atoms with Crippen LogP contribution in [0.5, 0.6) is 11.5 Å². The highest BCUT2D eigenvalue weighted by Gasteiger charge is 2.44. The average Bonchev–Trinajstić information content (AvgIpc) is 2.78. The van der Waals surface area contributed by atoms with Gasteiger partial charge in [0.15, 0.2) is 21.4 Å². The van der Waals surface area contributed by atoms with Gasteiger partial charge in [-0.05, 0) is 39.3 Å². The minimum atomic E-state index is -0.608. The van der Waals surface area contributed by atoms with Crippen molar-refractivity contribution in [2.75, 3.05) is 0 Å². The standard InChI is InChI=1S/C14H15ClO4S2/c1-13(2)18-8-7(12(15)17)9-11(21-14(3,4)19-9)6(5-16)10(8)20-13/h16H,5H2,1-4H3. The van der Waals surface area contributed by atoms with Gasteiger partial charge in [-0.15, -0.1) is 0 Å². The molecule has 0 saturated heterocycles. The van der Waals surface area contributed by atoms with Crippen LogP contribution in [0.3, 0.4) is 0 Å². The maximum Gasteiger partial charge on any atom is 0.260 e. The Morgan fingerprint density at radius 2 is 1.52 bits per heavy atom. The largest absolute Gasteiger partial charge is 0.475 e. The van der Waals surface area contributed by atoms with Gasteiger partial charge in [-0.25, -0.2) is 0 Å². The number of ether oxygens (including phenoxy) is 2. The Morgan fingerprint density at radius 3 is 1.86 bits per heavy atom. The van der Waals surface area contributed by atoms with E-state index in [1.54, 1.807) is 0 Å². The van der Waals surface area contributed by atoms with E-state index in [0.29, 0.717) is 11.5 Å². The number of benzene rings is 1. The first kappa shape index (κ1) is 15.3. The van der Waals surface area contributed by atoms with Gasteiger partial charge in [0.1, 0.15) is 5.56 Å². The van der Waals surface area contributed by atoms with Gasteiger partial charge in [0.05, 0.1) is 16.4 Å². The third kappa shape index (κ3) is 2.42. The van der Waals surface area contributed by atoms with Crippen LogP contribution >= 0.6 is 35.1 Å². The van der Waals surface area contributed by atoms with Crippen LogP contribution in [0.2, 0.25) is 0 Å². The summed E-state index contributed by atoms with van der Waals surface area (Å²) in [7, 11) is 0. The van der Waals surface area contributed by atoms with Crippen LogP contribution in [-0.2, 0) is 6.61 Å². The number of aliphatic hydroxyl groups is 1. The Kier molecular flexibility index (Phi) is 3.44. The minimum Gasteiger partial charge on any atom is -0.475 e. The van der Waals surface area contributed by atoms with Crippen LogP contribution in [0.4, 0.5) is 0 Å². The predicted molar refractivity (Wildman–Crippen MR) is 83.7 cm³/mol. The number of rotatable bonds is 2. The van der Waals surface area contributed by atoms with Gasteiger partial charge in [0.2, 0.25) is 0 Å². The van der Waals surface area contributed by atoms with Crippen molar-refractivity contribution in [1.82, 2.24) is 0 Å². The number of hydrogen-bond donors (Lipinski definition) is 1. The van der Waals surface area contributed by atoms with Crippen LogP contribution in [0, 0.1) is 0 Å². The van der Waals surface area contributed by atoms with Gasteiger partial charge in [-0.2, -0.15) is 0 Å². The van der Waals surface area contributed by atoms with Gasteiger partial charge in [-0.3, -0.25) is 4.79 Å². The van der Waals surface area contributed by atoms with Crippen molar-refractivity contribution >= 4 is 40.4 Å². The lowest BCUT2D eigenvalue weighted by molar-refractivity contribution is 0.106. The van der Waals surface area contributed by atoms with Crippen LogP contribution in [0.1, 0.15) is 43.6 Å². The zero-order chi connectivity index (χ0) is 15.6. The third-order valence-electron chi connectivity index (χ3n) is 3.16. The first-order chi connectivity index (χ1) is 9.65. The third-order valence-corrected chi connectivity index (χ3v) is 5.77. The fourth-order valence-electron chi connectivity index (χ4n) is 2.46. The lowest BCUT2D eigenvalue weighted by Crippen LogP contribution is -2.20. The average molecular weight is 347 g/mol. The quantitative estimate of drug-likeness (QED) is 0.817. The van der Waals surface area contributed by atoms with Crippen molar-refractivity contribution in [1.29, 1.82) is 0 Å². The van der Waals surface area contributed by atoms with E-state index >= 15 is 0 Å². The number of thioether (sulfide) groups is 2. The molecule has 21 heavy (non-hydrogen) atoms. The molecule has 7 heteroatoms. The Hall–Kier alpha value is -0.560. The second kappa shape index (κ2) is 4.72. The van der Waals surface area contributed by atoms with Gasteiger partial charge in [-0.1, -0.05) is 23.5 Å². The number of carbonyl (C=O) groups is 1. The molecular formula is C14H15ClO4S2. The first-order valence-corrected chi connectivity index (χ1v) is 8.46. The number of hydrogen-bond acceptors (Lipinski definition) is 6. The van der Waals surface area contributed by atoms with E-state index in [-0.39, 0.29) is 12.2 Å². The van der Waals surface area contributed by atoms with Crippen molar-refractivity contribution in [2.24, 2.45) is 0 Å². The van der Waals surface area contributed by atoms with Gasteiger partial charge in [0.25, 0.3) is 5.24 Å². The molecule has 0 radical (unpaired) electrons. The summed E-state index contributed by atoms with van der Waals surface area (Å²) < 4.78 is 11.8. The summed E-state index contributed by atoms with van der Waals surface area (Å²) in [4.78, 5) is 12.4. The smallest absolute Gasteiger partial charge is 0.260 e. The normalized spacial score (nSPS) is 20.5. The molecule has 0 spiro atoms. The SMILES string of the molecule is CC1(C)Oc2c(c(CO)c3c(c2C(=O)Cl)OC(C)(C)S3)S1. The molecule has 1 aromatic rings. The Balaban J connectivity index is 2.31. The molecule has 0 bridgehead atoms. The monoisotopic (exact) mass is 346 g/mol. The summed E-state index contributed by atoms with van der Waals surface area (Å²) in [6.07, 6.45) is 0. The van der Waals surface area contributed by atoms with E-state index < -0.39 is 15.1 Å². The molecule has 2 aliphatic rings. The van der Waals surface area contributed by atoms with Gasteiger partial charge < -0.3 is 14.6 Å². The Bertz CT molecular complexity index is 610. The highest BCUT2D eigenvalue weighted by Crippen LogP contribution is 2.60. The van der Waals surface area contributed by atoms with Crippen LogP contribution in [0.15, 0.2) is 9.79 Å². The summed E-state index contributed by atoms with van der Waals surface area (Å²) in [5, 5.41) is 9.17. The first-order valence-electron chi connectivity index (χ1n) is 6.45. The number of fused-ring (bicyclic) bond motifs is 2. The highest BCUT2D eigenvalue weighted by atomic mass is 35.5. The lowest BCUT2D eigenvalue weighted by atomic mass is 10.1. The zero-order valence-corrected chi connectivity index (χ0v) is 14.5. The summed E-state index contributed by atoms with van der Waals surface area (Å²) in [6, 6.07) is 0. The minimum absolute atomic E-state index is 0.139. The van der Waals surface area contributed by atoms with Crippen molar-refractivity contribution in [3.8, 4) is 11.5 Å². The van der Waals surface area contributed by atoms with E-state index in [9.17, 15) is 9.90 Å². The van der Waals surface area contributed by atoms with E-state index in [2.05, 4.69) is 0 Å². The van der Waals surface area contributed by atoms with E-state index in [1.807, 2.05) is 27.7 Å². The molecule has 0 aliphatic carbocycles. The van der Waals surface area contributed by atoms with E-state index in [1.165, 1.54) is 23.5 Å². The zero-order valence-electron chi connectivity index (χ0n) is 12.1. The molecule has 0 saturated carbocycles. The van der Waals surface area contributed by atoms with Gasteiger partial charge in [0, 0.05) is 5.56 Å². The molecule has 0 atom stereocenters. The lowest BCUT2D eigenvalue weighted by Gasteiger charge is -2.18. The molecule has 0 fully saturated rings. The maximum atomic E-state index is 11.9. The molecule has 4 nitrogen and oxygen atoms in total. The maximum absolute atomic E-state index is 11.9. The molecule has 114 valence electrons. The fraction of sp³-hybridized carbons (Fsp3) is 0.500. The number of halogens is 1. The summed E-state index contributed by atoms with van der Waals surface area (Å²) in [5.74, 6) is 0.845. The molecule has 2 aliphatic heterocycles. The second-order valence-electron chi connectivity index (χ2n) is 5.81. The summed E-state index contributed by atoms with van der Waals surface area (Å²) in [6.45, 7) is 7.49. The van der Waals surface area contributed by atoms with Crippen molar-refractivity contribution in [2.45, 2.75) is 54.0 Å². The molecule has 0 amide bonds. The Morgan fingerprint density at radius 1 is 1.10 bits per heavy atom. The molecular weight excluding hydrogens is 332 g/mol. The highest BCUT2D eigenvalue weighted by molar-refractivity contribution is 8.01. The van der Waals surface area contributed by atoms with Crippen LogP contribution in [-0.4, -0.2) is 20.2 Å². The van der Waals surface area contributed by atoms with Crippen molar-refractivity contribution in [3.63, 3.8) is 0 Å². The van der Waals surface area contributed by atoms with E-state index in [0.717, 1.165) is 15.4 Å². The van der Waals surface area contributed by atoms with Gasteiger partial charge >= 0.3 is 0 Å². The summed E-state index contributed by atoms with van der Waals surface area (Å²) >= 11 is 8.73. The Labute approximate surface area is 136 Å². The molecule has 3 rings (SSSR count). The summed E-state index contributed by atoms with van der Waals surface area (Å²) in [5.41, 5.74) is 1.00. The number of aliphatic hydroxyl groups excluding tert-OH is 1. The predicted octanol–water partition coefficient (Wildman–Crippen LogP) is 4.00. The van der Waals surface area contributed by atoms with Crippen LogP contribution < -0.4 is 9.47 Å². The van der Waals surface area contributed by atoms with Crippen molar-refractivity contribution in [3.05, 3.63) is 11.1 Å². The molecule has 1 N–H and O–H groups in total. The van der Waals surface area contributed by atoms with E-state index in [4.69, 9.17) is 21.1 Å². The molecule has 2 heterocycles. The molecule has 1 aromatic carbocycles.